The molecule has 3 rings (SSSR count). The first-order valence-electron chi connectivity index (χ1n) is 5.73. The molecule has 0 atom stereocenters. The van der Waals surface area contributed by atoms with Crippen molar-refractivity contribution in [3.05, 3.63) is 46.5 Å². The summed E-state index contributed by atoms with van der Waals surface area (Å²) >= 11 is 0. The van der Waals surface area contributed by atoms with E-state index in [0.717, 1.165) is 5.56 Å². The summed E-state index contributed by atoms with van der Waals surface area (Å²) in [6, 6.07) is 5.05. The van der Waals surface area contributed by atoms with Gasteiger partial charge in [-0.1, -0.05) is 0 Å². The molecule has 0 saturated carbocycles. The molecule has 0 unspecified atom stereocenters. The molecule has 0 aliphatic heterocycles. The van der Waals surface area contributed by atoms with Crippen LogP contribution in [0.3, 0.4) is 0 Å². The van der Waals surface area contributed by atoms with Crippen molar-refractivity contribution in [3.8, 4) is 0 Å². The van der Waals surface area contributed by atoms with Crippen LogP contribution in [0.1, 0.15) is 5.56 Å². The Morgan fingerprint density at radius 3 is 3.05 bits per heavy atom. The minimum Gasteiger partial charge on any atom is -0.399 e. The van der Waals surface area contributed by atoms with E-state index in [4.69, 9.17) is 5.73 Å². The summed E-state index contributed by atoms with van der Waals surface area (Å²) in [6.45, 7) is 0.528. The predicted molar refractivity (Wildman–Crippen MR) is 72.7 cm³/mol. The van der Waals surface area contributed by atoms with Crippen molar-refractivity contribution in [2.45, 2.75) is 6.54 Å². The first-order chi connectivity index (χ1) is 9.22. The van der Waals surface area contributed by atoms with Crippen molar-refractivity contribution < 1.29 is 0 Å². The number of fused-ring (bicyclic) bond motifs is 1. The molecule has 3 aromatic rings. The summed E-state index contributed by atoms with van der Waals surface area (Å²) in [5.41, 5.74) is 7.55. The summed E-state index contributed by atoms with van der Waals surface area (Å²) in [5.74, 6) is 0.420. The van der Waals surface area contributed by atoms with Gasteiger partial charge in [-0.3, -0.25) is 14.9 Å². The first kappa shape index (κ1) is 11.3. The summed E-state index contributed by atoms with van der Waals surface area (Å²) in [4.78, 5) is 18.9. The molecular formula is C12H12N6O. The SMILES string of the molecule is Nc1ccc2nc(NCc3cn[nH]c3)[nH]c(=O)c2c1. The first-order valence-corrected chi connectivity index (χ1v) is 5.73. The highest BCUT2D eigenvalue weighted by molar-refractivity contribution is 5.81. The molecule has 5 N–H and O–H groups in total. The van der Waals surface area contributed by atoms with Gasteiger partial charge in [-0.25, -0.2) is 4.98 Å². The molecule has 0 aliphatic carbocycles. The van der Waals surface area contributed by atoms with Gasteiger partial charge in [-0.05, 0) is 18.2 Å². The van der Waals surface area contributed by atoms with E-state index in [-0.39, 0.29) is 5.56 Å². The normalized spacial score (nSPS) is 10.7. The zero-order valence-corrected chi connectivity index (χ0v) is 9.97. The third-order valence-corrected chi connectivity index (χ3v) is 2.74. The second-order valence-corrected chi connectivity index (χ2v) is 4.15. The lowest BCUT2D eigenvalue weighted by molar-refractivity contribution is 1.06. The van der Waals surface area contributed by atoms with Crippen molar-refractivity contribution in [2.75, 3.05) is 11.1 Å². The van der Waals surface area contributed by atoms with Gasteiger partial charge in [0.15, 0.2) is 0 Å². The fraction of sp³-hybridized carbons (Fsp3) is 0.0833. The third kappa shape index (κ3) is 2.25. The monoisotopic (exact) mass is 256 g/mol. The Bertz CT molecular complexity index is 761. The molecule has 0 saturated heterocycles. The molecular weight excluding hydrogens is 244 g/mol. The zero-order chi connectivity index (χ0) is 13.2. The van der Waals surface area contributed by atoms with E-state index in [2.05, 4.69) is 25.5 Å². The standard InChI is InChI=1S/C12H12N6O/c13-8-1-2-10-9(3-8)11(19)18-12(17-10)14-4-7-5-15-16-6-7/h1-3,5-6H,4,13H2,(H,15,16)(H2,14,17,18,19). The van der Waals surface area contributed by atoms with E-state index < -0.39 is 0 Å². The molecule has 0 radical (unpaired) electrons. The number of rotatable bonds is 3. The van der Waals surface area contributed by atoms with Gasteiger partial charge in [0.2, 0.25) is 5.95 Å². The highest BCUT2D eigenvalue weighted by Crippen LogP contribution is 2.13. The Hall–Kier alpha value is -2.83. The van der Waals surface area contributed by atoms with E-state index >= 15 is 0 Å². The lowest BCUT2D eigenvalue weighted by Crippen LogP contribution is -2.13. The average Bonchev–Trinajstić information content (AvgIpc) is 2.90. The maximum atomic E-state index is 11.9. The van der Waals surface area contributed by atoms with Gasteiger partial charge in [-0.2, -0.15) is 5.10 Å². The zero-order valence-electron chi connectivity index (χ0n) is 9.97. The second kappa shape index (κ2) is 4.45. The maximum Gasteiger partial charge on any atom is 0.260 e. The number of anilines is 2. The number of hydrogen-bond acceptors (Lipinski definition) is 5. The number of H-pyrrole nitrogens is 2. The van der Waals surface area contributed by atoms with Gasteiger partial charge < -0.3 is 11.1 Å². The molecule has 19 heavy (non-hydrogen) atoms. The number of benzene rings is 1. The van der Waals surface area contributed by atoms with Crippen LogP contribution in [0.15, 0.2) is 35.4 Å². The van der Waals surface area contributed by atoms with Crippen LogP contribution in [0.4, 0.5) is 11.6 Å². The van der Waals surface area contributed by atoms with Crippen molar-refractivity contribution in [2.24, 2.45) is 0 Å². The van der Waals surface area contributed by atoms with Crippen LogP contribution >= 0.6 is 0 Å². The molecule has 0 bridgehead atoms. The average molecular weight is 256 g/mol. The Labute approximate surface area is 107 Å². The number of nitrogens with two attached hydrogens (primary N) is 1. The van der Waals surface area contributed by atoms with Crippen molar-refractivity contribution >= 4 is 22.5 Å². The highest BCUT2D eigenvalue weighted by atomic mass is 16.1. The Balaban J connectivity index is 1.93. The molecule has 96 valence electrons. The third-order valence-electron chi connectivity index (χ3n) is 2.74. The van der Waals surface area contributed by atoms with Crippen molar-refractivity contribution in [1.29, 1.82) is 0 Å². The number of nitrogens with zero attached hydrogens (tertiary/aromatic N) is 2. The van der Waals surface area contributed by atoms with Crippen molar-refractivity contribution in [1.82, 2.24) is 20.2 Å². The fourth-order valence-corrected chi connectivity index (χ4v) is 1.80. The Morgan fingerprint density at radius 2 is 2.26 bits per heavy atom. The molecule has 1 aromatic carbocycles. The largest absolute Gasteiger partial charge is 0.399 e. The molecule has 7 heteroatoms. The number of nitrogen functional groups attached to an aromatic ring is 1. The summed E-state index contributed by atoms with van der Waals surface area (Å²) in [5, 5.41) is 10.1. The number of hydrogen-bond donors (Lipinski definition) is 4. The topological polar surface area (TPSA) is 112 Å². The van der Waals surface area contributed by atoms with Crippen LogP contribution in [-0.4, -0.2) is 20.2 Å². The molecule has 2 heterocycles. The van der Waals surface area contributed by atoms with Crippen LogP contribution in [0, 0.1) is 0 Å². The quantitative estimate of drug-likeness (QED) is 0.519. The van der Waals surface area contributed by atoms with Crippen molar-refractivity contribution in [3.63, 3.8) is 0 Å². The molecule has 2 aromatic heterocycles. The molecule has 7 nitrogen and oxygen atoms in total. The van der Waals surface area contributed by atoms with E-state index in [9.17, 15) is 4.79 Å². The Kier molecular flexibility index (Phi) is 2.64. The minimum absolute atomic E-state index is 0.216. The minimum atomic E-state index is -0.216. The number of nitrogens with one attached hydrogen (secondary N) is 3. The van der Waals surface area contributed by atoms with Crippen LogP contribution in [0.2, 0.25) is 0 Å². The highest BCUT2D eigenvalue weighted by Gasteiger charge is 2.04. The van der Waals surface area contributed by atoms with E-state index in [1.54, 1.807) is 30.6 Å². The van der Waals surface area contributed by atoms with E-state index in [1.807, 2.05) is 0 Å². The van der Waals surface area contributed by atoms with E-state index in [1.165, 1.54) is 0 Å². The summed E-state index contributed by atoms with van der Waals surface area (Å²) < 4.78 is 0. The van der Waals surface area contributed by atoms with Gasteiger partial charge in [0.05, 0.1) is 17.1 Å². The molecule has 0 fully saturated rings. The molecule has 0 amide bonds. The molecule has 0 spiro atoms. The van der Waals surface area contributed by atoms with Crippen LogP contribution in [0.5, 0.6) is 0 Å². The Morgan fingerprint density at radius 1 is 1.37 bits per heavy atom. The smallest absolute Gasteiger partial charge is 0.260 e. The number of aromatic nitrogens is 4. The van der Waals surface area contributed by atoms with Gasteiger partial charge in [0, 0.05) is 24.0 Å². The summed E-state index contributed by atoms with van der Waals surface area (Å²) in [6.07, 6.45) is 3.47. The van der Waals surface area contributed by atoms with Gasteiger partial charge >= 0.3 is 0 Å². The van der Waals surface area contributed by atoms with Gasteiger partial charge in [-0.15, -0.1) is 0 Å². The van der Waals surface area contributed by atoms with Gasteiger partial charge in [0.25, 0.3) is 5.56 Å². The lowest BCUT2D eigenvalue weighted by atomic mass is 10.2. The fourth-order valence-electron chi connectivity index (χ4n) is 1.80. The predicted octanol–water partition coefficient (Wildman–Crippen LogP) is 0.840. The number of aromatic amines is 2. The van der Waals surface area contributed by atoms with Crippen LogP contribution < -0.4 is 16.6 Å². The van der Waals surface area contributed by atoms with Crippen LogP contribution in [0.25, 0.3) is 10.9 Å². The van der Waals surface area contributed by atoms with Gasteiger partial charge in [0.1, 0.15) is 0 Å². The molecule has 0 aliphatic rings. The second-order valence-electron chi connectivity index (χ2n) is 4.15. The lowest BCUT2D eigenvalue weighted by Gasteiger charge is -2.05. The maximum absolute atomic E-state index is 11.9. The van der Waals surface area contributed by atoms with E-state index in [0.29, 0.717) is 29.1 Å². The summed E-state index contributed by atoms with van der Waals surface area (Å²) in [7, 11) is 0. The van der Waals surface area contributed by atoms with Crippen LogP contribution in [-0.2, 0) is 6.54 Å².